The van der Waals surface area contributed by atoms with Crippen molar-refractivity contribution in [1.29, 1.82) is 0 Å². The summed E-state index contributed by atoms with van der Waals surface area (Å²) in [6, 6.07) is 0. The van der Waals surface area contributed by atoms with Crippen molar-refractivity contribution >= 4 is 45.7 Å². The van der Waals surface area contributed by atoms with Crippen LogP contribution < -0.4 is 5.32 Å². The van der Waals surface area contributed by atoms with E-state index in [1.54, 1.807) is 0 Å². The highest BCUT2D eigenvalue weighted by Gasteiger charge is 2.30. The molecule has 1 aliphatic heterocycles. The lowest BCUT2D eigenvalue weighted by molar-refractivity contribution is -0.188. The van der Waals surface area contributed by atoms with E-state index in [4.69, 9.17) is 9.47 Å². The Kier molecular flexibility index (Phi) is 11.7. The lowest BCUT2D eigenvalue weighted by atomic mass is 10.1. The number of amides is 3. The maximum absolute atomic E-state index is 11.5. The van der Waals surface area contributed by atoms with Gasteiger partial charge in [0.2, 0.25) is 0 Å². The molecule has 154 valence electrons. The molecular formula is C15H25N3O7S2. The van der Waals surface area contributed by atoms with E-state index in [-0.39, 0.29) is 26.1 Å². The van der Waals surface area contributed by atoms with Gasteiger partial charge in [-0.1, -0.05) is 26.7 Å². The predicted octanol–water partition coefficient (Wildman–Crippen LogP) is 1.26. The van der Waals surface area contributed by atoms with Crippen LogP contribution in [0.3, 0.4) is 0 Å². The minimum absolute atomic E-state index is 0.0681. The lowest BCUT2D eigenvalue weighted by Gasteiger charge is -2.22. The molecule has 1 saturated heterocycles. The fourth-order valence-corrected chi connectivity index (χ4v) is 3.47. The summed E-state index contributed by atoms with van der Waals surface area (Å²) >= 11 is 0. The average molecular weight is 424 g/mol. The maximum Gasteiger partial charge on any atom is 0.533 e. The summed E-state index contributed by atoms with van der Waals surface area (Å²) in [5, 5.41) is 3.10. The summed E-state index contributed by atoms with van der Waals surface area (Å²) in [4.78, 5) is 52.3. The first kappa shape index (κ1) is 23.4. The number of imide groups is 1. The van der Waals surface area contributed by atoms with E-state index in [1.165, 1.54) is 21.6 Å². The molecule has 12 heteroatoms. The summed E-state index contributed by atoms with van der Waals surface area (Å²) in [7, 11) is 6.73. The fourth-order valence-electron chi connectivity index (χ4n) is 1.81. The Morgan fingerprint density at radius 1 is 1.07 bits per heavy atom. The van der Waals surface area contributed by atoms with Crippen LogP contribution in [-0.4, -0.2) is 85.9 Å². The number of carbonyl (C=O) groups excluding carboxylic acids is 4. The standard InChI is InChI=1S/C15H25N3O7S2/c1-17(2)7-6-16-14(21)23-8-10-26-27-11-9-24-15(22)25-18-12(19)4-3-5-13(18)20/h3-11H2,1-2H3,(H,16,21). The minimum atomic E-state index is -1.08. The number of hydroxylamine groups is 2. The Labute approximate surface area is 165 Å². The number of nitrogens with zero attached hydrogens (tertiary/aromatic N) is 2. The Bertz CT molecular complexity index is 504. The van der Waals surface area contributed by atoms with Crippen LogP contribution >= 0.6 is 21.6 Å². The predicted molar refractivity (Wildman–Crippen MR) is 101 cm³/mol. The summed E-state index contributed by atoms with van der Waals surface area (Å²) in [6.07, 6.45) is -0.734. The molecule has 0 aliphatic carbocycles. The minimum Gasteiger partial charge on any atom is -0.449 e. The lowest BCUT2D eigenvalue weighted by Crippen LogP contribution is -2.41. The second-order valence-corrected chi connectivity index (χ2v) is 8.34. The molecule has 0 aromatic rings. The van der Waals surface area contributed by atoms with E-state index in [9.17, 15) is 19.2 Å². The molecule has 1 heterocycles. The van der Waals surface area contributed by atoms with E-state index >= 15 is 0 Å². The van der Waals surface area contributed by atoms with Crippen molar-refractivity contribution in [2.45, 2.75) is 19.3 Å². The van der Waals surface area contributed by atoms with Gasteiger partial charge < -0.3 is 19.7 Å². The van der Waals surface area contributed by atoms with Gasteiger partial charge in [0.15, 0.2) is 0 Å². The van der Waals surface area contributed by atoms with Crippen LogP contribution in [0, 0.1) is 0 Å². The third-order valence-corrected chi connectivity index (χ3v) is 5.43. The fraction of sp³-hybridized carbons (Fsp3) is 0.733. The number of likely N-dealkylation sites (N-methyl/N-ethyl adjacent to an activating group) is 1. The zero-order chi connectivity index (χ0) is 20.1. The van der Waals surface area contributed by atoms with Crippen molar-refractivity contribution in [2.75, 3.05) is 51.9 Å². The van der Waals surface area contributed by atoms with Crippen molar-refractivity contribution in [3.05, 3.63) is 0 Å². The number of carbonyl (C=O) groups is 4. The molecule has 1 fully saturated rings. The van der Waals surface area contributed by atoms with Crippen molar-refractivity contribution in [2.24, 2.45) is 0 Å². The quantitative estimate of drug-likeness (QED) is 0.225. The molecule has 0 unspecified atom stereocenters. The van der Waals surface area contributed by atoms with Crippen LogP contribution in [-0.2, 0) is 23.9 Å². The van der Waals surface area contributed by atoms with Crippen LogP contribution in [0.1, 0.15) is 19.3 Å². The summed E-state index contributed by atoms with van der Waals surface area (Å²) in [5.41, 5.74) is 0. The highest BCUT2D eigenvalue weighted by Crippen LogP contribution is 2.20. The second-order valence-electron chi connectivity index (χ2n) is 5.64. The summed E-state index contributed by atoms with van der Waals surface area (Å²) in [5.74, 6) is -0.0123. The van der Waals surface area contributed by atoms with Gasteiger partial charge in [-0.05, 0) is 20.5 Å². The van der Waals surface area contributed by atoms with Crippen molar-refractivity contribution < 1.29 is 33.5 Å². The summed E-state index contributed by atoms with van der Waals surface area (Å²) < 4.78 is 9.80. The SMILES string of the molecule is CN(C)CCNC(=O)OCCSSCCOC(=O)ON1C(=O)CCCC1=O. The number of hydrogen-bond acceptors (Lipinski definition) is 10. The van der Waals surface area contributed by atoms with Crippen molar-refractivity contribution in [1.82, 2.24) is 15.3 Å². The first-order valence-corrected chi connectivity index (χ1v) is 10.9. The first-order chi connectivity index (χ1) is 12.9. The van der Waals surface area contributed by atoms with E-state index in [2.05, 4.69) is 10.2 Å². The van der Waals surface area contributed by atoms with Crippen LogP contribution in [0.15, 0.2) is 0 Å². The van der Waals surface area contributed by atoms with Crippen LogP contribution in [0.5, 0.6) is 0 Å². The van der Waals surface area contributed by atoms with Gasteiger partial charge in [-0.3, -0.25) is 14.4 Å². The molecule has 0 spiro atoms. The van der Waals surface area contributed by atoms with Gasteiger partial charge in [0, 0.05) is 37.4 Å². The zero-order valence-electron chi connectivity index (χ0n) is 15.4. The number of alkyl carbamates (subject to hydrolysis) is 1. The largest absolute Gasteiger partial charge is 0.533 e. The molecule has 0 atom stereocenters. The first-order valence-electron chi connectivity index (χ1n) is 8.40. The average Bonchev–Trinajstić information content (AvgIpc) is 2.60. The molecule has 10 nitrogen and oxygen atoms in total. The normalized spacial score (nSPS) is 14.3. The molecule has 0 bridgehead atoms. The topological polar surface area (TPSA) is 114 Å². The second kappa shape index (κ2) is 13.5. The Morgan fingerprint density at radius 3 is 2.26 bits per heavy atom. The molecule has 1 aliphatic rings. The molecule has 0 aromatic carbocycles. The third-order valence-electron chi connectivity index (χ3n) is 3.10. The maximum atomic E-state index is 11.5. The van der Waals surface area contributed by atoms with Crippen LogP contribution in [0.4, 0.5) is 9.59 Å². The highest BCUT2D eigenvalue weighted by molar-refractivity contribution is 8.76. The van der Waals surface area contributed by atoms with Gasteiger partial charge in [0.25, 0.3) is 11.8 Å². The van der Waals surface area contributed by atoms with Gasteiger partial charge in [-0.15, -0.1) is 0 Å². The molecular weight excluding hydrogens is 398 g/mol. The molecule has 0 saturated carbocycles. The van der Waals surface area contributed by atoms with E-state index in [1.807, 2.05) is 19.0 Å². The molecule has 27 heavy (non-hydrogen) atoms. The van der Waals surface area contributed by atoms with Crippen molar-refractivity contribution in [3.63, 3.8) is 0 Å². The number of ether oxygens (including phenoxy) is 2. The van der Waals surface area contributed by atoms with Gasteiger partial charge in [0.05, 0.1) is 0 Å². The van der Waals surface area contributed by atoms with Gasteiger partial charge >= 0.3 is 12.2 Å². The number of nitrogens with one attached hydrogen (secondary N) is 1. The van der Waals surface area contributed by atoms with Crippen LogP contribution in [0.2, 0.25) is 0 Å². The van der Waals surface area contributed by atoms with Gasteiger partial charge in [-0.2, -0.15) is 0 Å². The van der Waals surface area contributed by atoms with E-state index in [0.29, 0.717) is 29.5 Å². The Hall–Kier alpha value is -1.66. The zero-order valence-corrected chi connectivity index (χ0v) is 17.1. The Balaban J connectivity index is 1.96. The molecule has 1 rings (SSSR count). The van der Waals surface area contributed by atoms with Gasteiger partial charge in [-0.25, -0.2) is 9.59 Å². The van der Waals surface area contributed by atoms with Crippen molar-refractivity contribution in [3.8, 4) is 0 Å². The highest BCUT2D eigenvalue weighted by atomic mass is 33.1. The smallest absolute Gasteiger partial charge is 0.449 e. The summed E-state index contributed by atoms with van der Waals surface area (Å²) in [6.45, 7) is 1.60. The molecule has 3 amide bonds. The van der Waals surface area contributed by atoms with E-state index < -0.39 is 24.1 Å². The number of hydrogen-bond donors (Lipinski definition) is 1. The monoisotopic (exact) mass is 423 g/mol. The van der Waals surface area contributed by atoms with E-state index in [0.717, 1.165) is 6.54 Å². The third kappa shape index (κ3) is 10.9. The molecule has 1 N–H and O–H groups in total. The van der Waals surface area contributed by atoms with Gasteiger partial charge in [0.1, 0.15) is 13.2 Å². The molecule has 0 aromatic heterocycles. The number of piperidine rings is 1. The Morgan fingerprint density at radius 2 is 1.67 bits per heavy atom. The molecule has 0 radical (unpaired) electrons. The van der Waals surface area contributed by atoms with Crippen LogP contribution in [0.25, 0.3) is 0 Å². The number of rotatable bonds is 11.